The summed E-state index contributed by atoms with van der Waals surface area (Å²) in [5, 5.41) is 0. The molecule has 0 aliphatic carbocycles. The molecule has 0 aliphatic heterocycles. The Labute approximate surface area is 106 Å². The van der Waals surface area contributed by atoms with Gasteiger partial charge in [0.25, 0.3) is 0 Å². The summed E-state index contributed by atoms with van der Waals surface area (Å²) in [4.78, 5) is 38.6. The van der Waals surface area contributed by atoms with E-state index in [4.69, 9.17) is 4.12 Å². The minimum atomic E-state index is -3.91. The topological polar surface area (TPSA) is 90.2 Å². The van der Waals surface area contributed by atoms with E-state index in [1.54, 1.807) is 0 Å². The molecule has 0 bridgehead atoms. The quantitative estimate of drug-likeness (QED) is 0.498. The smallest absolute Gasteiger partial charge is 0.390 e. The molecule has 5 nitrogen and oxygen atoms in total. The second-order valence-electron chi connectivity index (χ2n) is 5.45. The highest BCUT2D eigenvalue weighted by Gasteiger charge is 2.44. The van der Waals surface area contributed by atoms with Gasteiger partial charge < -0.3 is 23.3 Å². The van der Waals surface area contributed by atoms with Gasteiger partial charge in [-0.1, -0.05) is 27.7 Å². The van der Waals surface area contributed by atoms with E-state index in [-0.39, 0.29) is 12.1 Å². The van der Waals surface area contributed by atoms with Gasteiger partial charge in [0.15, 0.2) is 0 Å². The third-order valence-corrected chi connectivity index (χ3v) is 6.92. The second kappa shape index (κ2) is 6.98. The molecule has 0 saturated heterocycles. The van der Waals surface area contributed by atoms with Crippen LogP contribution in [0.3, 0.4) is 0 Å². The van der Waals surface area contributed by atoms with E-state index in [0.29, 0.717) is 24.7 Å². The highest BCUT2D eigenvalue weighted by Crippen LogP contribution is 2.20. The third-order valence-electron chi connectivity index (χ3n) is 2.42. The van der Waals surface area contributed by atoms with Crippen LogP contribution in [-0.2, 0) is 4.12 Å². The Morgan fingerprint density at radius 1 is 0.765 bits per heavy atom. The minimum absolute atomic E-state index is 0.113. The molecule has 0 spiro atoms. The van der Waals surface area contributed by atoms with Gasteiger partial charge in [-0.3, -0.25) is 0 Å². The van der Waals surface area contributed by atoms with E-state index in [1.165, 1.54) is 0 Å². The first kappa shape index (κ1) is 17.2. The Bertz CT molecular complexity index is 197. The fourth-order valence-corrected chi connectivity index (χ4v) is 6.13. The van der Waals surface area contributed by atoms with Crippen LogP contribution in [0.15, 0.2) is 0 Å². The zero-order chi connectivity index (χ0) is 13.7. The van der Waals surface area contributed by atoms with Crippen molar-refractivity contribution in [2.24, 2.45) is 11.8 Å². The van der Waals surface area contributed by atoms with Crippen LogP contribution in [0.4, 0.5) is 0 Å². The summed E-state index contributed by atoms with van der Waals surface area (Å²) < 4.78 is 4.83. The van der Waals surface area contributed by atoms with Gasteiger partial charge in [0, 0.05) is 12.1 Å². The first-order valence-electron chi connectivity index (χ1n) is 6.14. The van der Waals surface area contributed by atoms with Gasteiger partial charge in [0.2, 0.25) is 0 Å². The third kappa shape index (κ3) is 9.89. The molecule has 0 rings (SSSR count). The van der Waals surface area contributed by atoms with Crippen molar-refractivity contribution in [3.05, 3.63) is 0 Å². The van der Waals surface area contributed by atoms with Gasteiger partial charge in [-0.2, -0.15) is 0 Å². The van der Waals surface area contributed by atoms with Crippen molar-refractivity contribution in [2.75, 3.05) is 0 Å². The molecule has 17 heavy (non-hydrogen) atoms. The Kier molecular flexibility index (Phi) is 7.07. The predicted molar refractivity (Wildman–Crippen MR) is 70.0 cm³/mol. The lowest BCUT2D eigenvalue weighted by Gasteiger charge is -2.26. The summed E-state index contributed by atoms with van der Waals surface area (Å²) in [7, 11) is -7.82. The largest absolute Gasteiger partial charge is 0.488 e. The Balaban J connectivity index is 4.17. The second-order valence-corrected chi connectivity index (χ2v) is 10.2. The van der Waals surface area contributed by atoms with Crippen LogP contribution in [0, 0.1) is 11.8 Å². The van der Waals surface area contributed by atoms with Gasteiger partial charge in [-0.05, 0) is 24.7 Å². The minimum Gasteiger partial charge on any atom is -0.390 e. The molecule has 0 fully saturated rings. The van der Waals surface area contributed by atoms with Crippen LogP contribution in [0.5, 0.6) is 0 Å². The molecule has 0 heterocycles. The summed E-state index contributed by atoms with van der Waals surface area (Å²) in [6.45, 7) is 7.86. The predicted octanol–water partition coefficient (Wildman–Crippen LogP) is 0.942. The molecular weight excluding hydrogens is 256 g/mol. The molecule has 7 heteroatoms. The summed E-state index contributed by atoms with van der Waals surface area (Å²) in [5.74, 6) is 0.655. The Hall–Kier alpha value is 0.234. The van der Waals surface area contributed by atoms with Gasteiger partial charge >= 0.3 is 17.6 Å². The van der Waals surface area contributed by atoms with E-state index in [2.05, 4.69) is 0 Å². The monoisotopic (exact) mass is 282 g/mol. The maximum absolute atomic E-state index is 9.65. The molecule has 0 aliphatic rings. The van der Waals surface area contributed by atoms with Crippen LogP contribution in [0.2, 0.25) is 12.1 Å². The maximum atomic E-state index is 9.65. The van der Waals surface area contributed by atoms with Crippen LogP contribution < -0.4 is 0 Å². The van der Waals surface area contributed by atoms with Crippen molar-refractivity contribution in [1.82, 2.24) is 0 Å². The molecule has 0 aromatic heterocycles. The molecule has 104 valence electrons. The van der Waals surface area contributed by atoms with E-state index in [9.17, 15) is 19.2 Å². The first-order valence-corrected chi connectivity index (χ1v) is 10.2. The van der Waals surface area contributed by atoms with E-state index in [1.807, 2.05) is 27.7 Å². The normalized spacial score (nSPS) is 13.8. The molecule has 0 radical (unpaired) electrons. The molecular formula is C10H26O5Si2. The standard InChI is InChI=1S/C10H26O5Si2/c1-9(2)5-7-16(11,12)15-17(13,14)8-6-10(3)4/h9-14H,5-8H2,1-4H3. The van der Waals surface area contributed by atoms with Crippen LogP contribution in [0.1, 0.15) is 40.5 Å². The first-order chi connectivity index (χ1) is 7.54. The van der Waals surface area contributed by atoms with E-state index >= 15 is 0 Å². The van der Waals surface area contributed by atoms with Gasteiger partial charge in [0.1, 0.15) is 0 Å². The van der Waals surface area contributed by atoms with E-state index in [0.717, 1.165) is 0 Å². The highest BCUT2D eigenvalue weighted by molar-refractivity contribution is 6.72. The molecule has 0 atom stereocenters. The fourth-order valence-electron chi connectivity index (χ4n) is 1.32. The average Bonchev–Trinajstić information content (AvgIpc) is 2.10. The fraction of sp³-hybridized carbons (Fsp3) is 1.00. The van der Waals surface area contributed by atoms with Gasteiger partial charge in [-0.15, -0.1) is 0 Å². The maximum Gasteiger partial charge on any atom is 0.488 e. The molecule has 0 unspecified atom stereocenters. The molecule has 0 aromatic rings. The van der Waals surface area contributed by atoms with E-state index < -0.39 is 17.6 Å². The lowest BCUT2D eigenvalue weighted by atomic mass is 10.2. The van der Waals surface area contributed by atoms with Crippen molar-refractivity contribution < 1.29 is 23.3 Å². The molecule has 4 N–H and O–H groups in total. The average molecular weight is 282 g/mol. The van der Waals surface area contributed by atoms with Crippen molar-refractivity contribution in [3.63, 3.8) is 0 Å². The lowest BCUT2D eigenvalue weighted by molar-refractivity contribution is 0.151. The van der Waals surface area contributed by atoms with Crippen LogP contribution in [0.25, 0.3) is 0 Å². The summed E-state index contributed by atoms with van der Waals surface area (Å²) >= 11 is 0. The van der Waals surface area contributed by atoms with Crippen molar-refractivity contribution >= 4 is 17.6 Å². The highest BCUT2D eigenvalue weighted by atomic mass is 28.5. The number of hydrogen-bond acceptors (Lipinski definition) is 5. The SMILES string of the molecule is CC(C)CC[Si](O)(O)O[Si](O)(O)CCC(C)C. The Morgan fingerprint density at radius 3 is 1.29 bits per heavy atom. The summed E-state index contributed by atoms with van der Waals surface area (Å²) in [5.41, 5.74) is 0. The molecule has 0 aromatic carbocycles. The zero-order valence-corrected chi connectivity index (χ0v) is 13.2. The number of rotatable bonds is 8. The van der Waals surface area contributed by atoms with Crippen molar-refractivity contribution in [3.8, 4) is 0 Å². The summed E-state index contributed by atoms with van der Waals surface area (Å²) in [6, 6.07) is 0.227. The summed E-state index contributed by atoms with van der Waals surface area (Å²) in [6.07, 6.45) is 1.21. The van der Waals surface area contributed by atoms with Gasteiger partial charge in [0.05, 0.1) is 0 Å². The number of hydrogen-bond donors (Lipinski definition) is 4. The Morgan fingerprint density at radius 2 is 1.06 bits per heavy atom. The van der Waals surface area contributed by atoms with Crippen molar-refractivity contribution in [1.29, 1.82) is 0 Å². The van der Waals surface area contributed by atoms with Crippen molar-refractivity contribution in [2.45, 2.75) is 52.6 Å². The molecule has 0 amide bonds. The molecule has 0 saturated carbocycles. The van der Waals surface area contributed by atoms with Gasteiger partial charge in [-0.25, -0.2) is 0 Å². The lowest BCUT2D eigenvalue weighted by Crippen LogP contribution is -2.53. The van der Waals surface area contributed by atoms with Crippen LogP contribution in [-0.4, -0.2) is 36.8 Å². The van der Waals surface area contributed by atoms with Crippen LogP contribution >= 0.6 is 0 Å². The zero-order valence-electron chi connectivity index (χ0n) is 11.2.